The second kappa shape index (κ2) is 5.88. The molecule has 0 atom stereocenters. The molecule has 8 heteroatoms. The monoisotopic (exact) mass is 292 g/mol. The van der Waals surface area contributed by atoms with E-state index in [9.17, 15) is 8.42 Å². The molecule has 0 unspecified atom stereocenters. The van der Waals surface area contributed by atoms with Crippen LogP contribution >= 0.6 is 10.7 Å². The molecule has 0 bridgehead atoms. The third-order valence-electron chi connectivity index (χ3n) is 1.99. The molecule has 0 spiro atoms. The van der Waals surface area contributed by atoms with Gasteiger partial charge in [0.1, 0.15) is 28.8 Å². The predicted molar refractivity (Wildman–Crippen MR) is 67.0 cm³/mol. The molecule has 0 aliphatic carbocycles. The van der Waals surface area contributed by atoms with E-state index in [0.717, 1.165) is 0 Å². The van der Waals surface area contributed by atoms with E-state index in [1.54, 1.807) is 6.07 Å². The maximum atomic E-state index is 11.3. The number of rotatable bonds is 3. The first-order valence-electron chi connectivity index (χ1n) is 4.69. The van der Waals surface area contributed by atoms with E-state index in [-0.39, 0.29) is 16.3 Å². The Labute approximate surface area is 114 Å². The highest BCUT2D eigenvalue weighted by Crippen LogP contribution is 2.25. The summed E-state index contributed by atoms with van der Waals surface area (Å²) in [5.74, 6) is 0. The molecule has 0 heterocycles. The largest absolute Gasteiger partial charge is 0.344 e. The number of nitriles is 3. The molecule has 94 valence electrons. The number of hydrogen-bond donors (Lipinski definition) is 1. The van der Waals surface area contributed by atoms with Gasteiger partial charge in [-0.2, -0.15) is 15.8 Å². The van der Waals surface area contributed by atoms with Crippen LogP contribution in [0.1, 0.15) is 0 Å². The van der Waals surface area contributed by atoms with Crippen LogP contribution < -0.4 is 5.32 Å². The third-order valence-corrected chi connectivity index (χ3v) is 3.37. The number of hydrogen-bond acceptors (Lipinski definition) is 6. The first-order valence-corrected chi connectivity index (χ1v) is 7.00. The molecule has 0 fully saturated rings. The fourth-order valence-electron chi connectivity index (χ4n) is 1.20. The van der Waals surface area contributed by atoms with Crippen LogP contribution in [0.25, 0.3) is 0 Å². The Morgan fingerprint density at radius 3 is 2.16 bits per heavy atom. The number of benzene rings is 1. The van der Waals surface area contributed by atoms with Gasteiger partial charge in [-0.1, -0.05) is 12.1 Å². The number of para-hydroxylation sites is 1. The van der Waals surface area contributed by atoms with Gasteiger partial charge in [0.15, 0.2) is 5.57 Å². The maximum absolute atomic E-state index is 11.3. The molecule has 1 aromatic carbocycles. The molecule has 0 aliphatic rings. The first kappa shape index (κ1) is 14.5. The summed E-state index contributed by atoms with van der Waals surface area (Å²) in [4.78, 5) is -0.250. The highest BCUT2D eigenvalue weighted by atomic mass is 35.7. The third kappa shape index (κ3) is 3.46. The summed E-state index contributed by atoms with van der Waals surface area (Å²) in [7, 11) is 1.23. The van der Waals surface area contributed by atoms with Gasteiger partial charge in [-0.15, -0.1) is 0 Å². The second-order valence-corrected chi connectivity index (χ2v) is 5.68. The Morgan fingerprint density at radius 2 is 1.68 bits per heavy atom. The van der Waals surface area contributed by atoms with Crippen molar-refractivity contribution in [1.29, 1.82) is 15.8 Å². The van der Waals surface area contributed by atoms with E-state index >= 15 is 0 Å². The lowest BCUT2D eigenvalue weighted by molar-refractivity contribution is 0.610. The van der Waals surface area contributed by atoms with Crippen LogP contribution in [0.3, 0.4) is 0 Å². The van der Waals surface area contributed by atoms with Gasteiger partial charge in [0.25, 0.3) is 9.05 Å². The zero-order chi connectivity index (χ0) is 14.5. The van der Waals surface area contributed by atoms with Crippen molar-refractivity contribution in [2.45, 2.75) is 4.90 Å². The van der Waals surface area contributed by atoms with E-state index in [1.165, 1.54) is 36.4 Å². The molecule has 1 aromatic rings. The SMILES string of the molecule is N#CC(C#N)=C(C#N)Nc1ccccc1S(=O)(=O)Cl. The first-order chi connectivity index (χ1) is 8.93. The van der Waals surface area contributed by atoms with E-state index in [0.29, 0.717) is 0 Å². The van der Waals surface area contributed by atoms with Gasteiger partial charge in [-0.25, -0.2) is 8.42 Å². The van der Waals surface area contributed by atoms with Crippen molar-refractivity contribution in [3.63, 3.8) is 0 Å². The summed E-state index contributed by atoms with van der Waals surface area (Å²) >= 11 is 0. The van der Waals surface area contributed by atoms with Gasteiger partial charge in [0.05, 0.1) is 5.69 Å². The summed E-state index contributed by atoms with van der Waals surface area (Å²) in [5, 5.41) is 28.6. The van der Waals surface area contributed by atoms with Gasteiger partial charge in [0, 0.05) is 10.7 Å². The van der Waals surface area contributed by atoms with Crippen LogP contribution in [-0.2, 0) is 9.05 Å². The molecule has 1 rings (SSSR count). The van der Waals surface area contributed by atoms with Crippen molar-refractivity contribution in [2.24, 2.45) is 0 Å². The van der Waals surface area contributed by atoms with Crippen LogP contribution in [-0.4, -0.2) is 8.42 Å². The van der Waals surface area contributed by atoms with Crippen molar-refractivity contribution in [1.82, 2.24) is 0 Å². The Bertz CT molecular complexity index is 747. The number of nitrogens with one attached hydrogen (secondary N) is 1. The summed E-state index contributed by atoms with van der Waals surface area (Å²) in [5.41, 5.74) is -0.793. The standard InChI is InChI=1S/C11H5ClN4O2S/c12-19(17,18)11-4-2-1-3-9(11)16-10(7-15)8(5-13)6-14/h1-4,16H. The van der Waals surface area contributed by atoms with Crippen LogP contribution in [0.5, 0.6) is 0 Å². The molecule has 0 radical (unpaired) electrons. The Hall–Kier alpha value is -2.53. The molecule has 0 saturated heterocycles. The Kier molecular flexibility index (Phi) is 4.50. The molecule has 1 N–H and O–H groups in total. The highest BCUT2D eigenvalue weighted by Gasteiger charge is 2.16. The number of allylic oxidation sites excluding steroid dienone is 2. The van der Waals surface area contributed by atoms with Crippen molar-refractivity contribution >= 4 is 25.4 Å². The minimum absolute atomic E-state index is 0.0112. The molecule has 0 saturated carbocycles. The number of anilines is 1. The quantitative estimate of drug-likeness (QED) is 0.671. The van der Waals surface area contributed by atoms with E-state index < -0.39 is 14.6 Å². The van der Waals surface area contributed by atoms with Crippen LogP contribution in [0.2, 0.25) is 0 Å². The Balaban J connectivity index is 3.38. The summed E-state index contributed by atoms with van der Waals surface area (Å²) < 4.78 is 22.7. The lowest BCUT2D eigenvalue weighted by Gasteiger charge is -2.08. The second-order valence-electron chi connectivity index (χ2n) is 3.14. The van der Waals surface area contributed by atoms with Gasteiger partial charge in [-0.05, 0) is 12.1 Å². The average Bonchev–Trinajstić information content (AvgIpc) is 2.38. The minimum Gasteiger partial charge on any atom is -0.344 e. The van der Waals surface area contributed by atoms with E-state index in [2.05, 4.69) is 5.32 Å². The average molecular weight is 293 g/mol. The normalized spacial score (nSPS) is 9.58. The van der Waals surface area contributed by atoms with Gasteiger partial charge < -0.3 is 5.32 Å². The van der Waals surface area contributed by atoms with Gasteiger partial charge in [-0.3, -0.25) is 0 Å². The van der Waals surface area contributed by atoms with Crippen LogP contribution in [0.4, 0.5) is 5.69 Å². The van der Waals surface area contributed by atoms with Crippen molar-refractivity contribution < 1.29 is 8.42 Å². The van der Waals surface area contributed by atoms with E-state index in [4.69, 9.17) is 26.5 Å². The smallest absolute Gasteiger partial charge is 0.263 e. The molecular formula is C11H5ClN4O2S. The van der Waals surface area contributed by atoms with Gasteiger partial charge in [0.2, 0.25) is 0 Å². The Morgan fingerprint density at radius 1 is 1.11 bits per heavy atom. The number of nitrogens with zero attached hydrogens (tertiary/aromatic N) is 3. The molecule has 0 aliphatic heterocycles. The van der Waals surface area contributed by atoms with Crippen molar-refractivity contribution in [3.05, 3.63) is 35.5 Å². The van der Waals surface area contributed by atoms with Crippen molar-refractivity contribution in [3.8, 4) is 18.2 Å². The summed E-state index contributed by atoms with van der Waals surface area (Å²) in [6.45, 7) is 0. The predicted octanol–water partition coefficient (Wildman–Crippen LogP) is 1.85. The topological polar surface area (TPSA) is 118 Å². The van der Waals surface area contributed by atoms with Crippen LogP contribution in [0, 0.1) is 34.0 Å². The highest BCUT2D eigenvalue weighted by molar-refractivity contribution is 8.13. The summed E-state index contributed by atoms with van der Waals surface area (Å²) in [6.07, 6.45) is 0. The molecule has 0 aromatic heterocycles. The van der Waals surface area contributed by atoms with E-state index in [1.807, 2.05) is 0 Å². The minimum atomic E-state index is -4.01. The number of halogens is 1. The lowest BCUT2D eigenvalue weighted by Crippen LogP contribution is -2.04. The molecular weight excluding hydrogens is 288 g/mol. The van der Waals surface area contributed by atoms with Crippen LogP contribution in [0.15, 0.2) is 40.4 Å². The molecule has 6 nitrogen and oxygen atoms in total. The zero-order valence-electron chi connectivity index (χ0n) is 9.25. The van der Waals surface area contributed by atoms with Crippen molar-refractivity contribution in [2.75, 3.05) is 5.32 Å². The van der Waals surface area contributed by atoms with Gasteiger partial charge >= 0.3 is 0 Å². The zero-order valence-corrected chi connectivity index (χ0v) is 10.8. The molecule has 0 amide bonds. The molecule has 19 heavy (non-hydrogen) atoms. The fourth-order valence-corrected chi connectivity index (χ4v) is 2.23. The lowest BCUT2D eigenvalue weighted by atomic mass is 10.2. The maximum Gasteiger partial charge on any atom is 0.263 e. The fraction of sp³-hybridized carbons (Fsp3) is 0. The summed E-state index contributed by atoms with van der Waals surface area (Å²) in [6, 6.07) is 10.2.